The van der Waals surface area contributed by atoms with E-state index in [1.807, 2.05) is 18.2 Å². The zero-order valence-electron chi connectivity index (χ0n) is 18.8. The van der Waals surface area contributed by atoms with Gasteiger partial charge in [0, 0.05) is 25.9 Å². The Bertz CT molecular complexity index is 1120. The first-order valence-corrected chi connectivity index (χ1v) is 11.0. The van der Waals surface area contributed by atoms with Crippen molar-refractivity contribution in [3.05, 3.63) is 41.3 Å². The Labute approximate surface area is 190 Å². The van der Waals surface area contributed by atoms with Gasteiger partial charge in [-0.05, 0) is 49.7 Å². The third-order valence-corrected chi connectivity index (χ3v) is 5.43. The molecular weight excluding hydrogens is 433 g/mol. The van der Waals surface area contributed by atoms with Gasteiger partial charge in [-0.3, -0.25) is 0 Å². The first-order chi connectivity index (χ1) is 15.9. The lowest BCUT2D eigenvalue weighted by molar-refractivity contribution is -0.159. The van der Waals surface area contributed by atoms with Crippen molar-refractivity contribution in [2.24, 2.45) is 0 Å². The van der Waals surface area contributed by atoms with Crippen molar-refractivity contribution in [3.63, 3.8) is 0 Å². The van der Waals surface area contributed by atoms with Gasteiger partial charge in [-0.2, -0.15) is 23.4 Å². The lowest BCUT2D eigenvalue weighted by Crippen LogP contribution is -2.27. The highest BCUT2D eigenvalue weighted by molar-refractivity contribution is 5.81. The molecule has 2 heterocycles. The predicted octanol–water partition coefficient (Wildman–Crippen LogP) is 5.19. The van der Waals surface area contributed by atoms with E-state index in [0.717, 1.165) is 67.9 Å². The van der Waals surface area contributed by atoms with Crippen LogP contribution < -0.4 is 0 Å². The van der Waals surface area contributed by atoms with Crippen molar-refractivity contribution in [1.82, 2.24) is 24.6 Å². The fourth-order valence-corrected chi connectivity index (χ4v) is 3.60. The maximum Gasteiger partial charge on any atom is 0.471 e. The van der Waals surface area contributed by atoms with Crippen LogP contribution in [-0.4, -0.2) is 44.2 Å². The van der Waals surface area contributed by atoms with E-state index in [1.54, 1.807) is 6.08 Å². The molecule has 0 bridgehead atoms. The highest BCUT2D eigenvalue weighted by Gasteiger charge is 2.38. The Kier molecular flexibility index (Phi) is 8.22. The van der Waals surface area contributed by atoms with Crippen molar-refractivity contribution in [2.75, 3.05) is 19.6 Å². The second-order valence-corrected chi connectivity index (χ2v) is 7.61. The zero-order valence-corrected chi connectivity index (χ0v) is 18.8. The first kappa shape index (κ1) is 24.5. The van der Waals surface area contributed by atoms with Crippen LogP contribution in [-0.2, 0) is 19.1 Å². The summed E-state index contributed by atoms with van der Waals surface area (Å²) in [6.45, 7) is 7.94. The number of nitriles is 1. The number of hydrogen-bond acceptors (Lipinski definition) is 6. The van der Waals surface area contributed by atoms with Crippen molar-refractivity contribution in [2.45, 2.75) is 52.3 Å². The summed E-state index contributed by atoms with van der Waals surface area (Å²) in [7, 11) is 0. The number of rotatable bonds is 11. The second kappa shape index (κ2) is 11.1. The summed E-state index contributed by atoms with van der Waals surface area (Å²) in [5.41, 5.74) is 2.59. The number of likely N-dealkylation sites (N-methyl/N-ethyl adjacent to an activating group) is 1. The number of benzene rings is 1. The monoisotopic (exact) mass is 460 g/mol. The summed E-state index contributed by atoms with van der Waals surface area (Å²) in [5.74, 6) is -0.542. The first-order valence-electron chi connectivity index (χ1n) is 11.0. The van der Waals surface area contributed by atoms with E-state index in [-0.39, 0.29) is 5.82 Å². The van der Waals surface area contributed by atoms with E-state index >= 15 is 0 Å². The average Bonchev–Trinajstić information content (AvgIpc) is 3.40. The minimum Gasteiger partial charge on any atom is -0.329 e. The van der Waals surface area contributed by atoms with Crippen molar-refractivity contribution >= 4 is 23.2 Å². The second-order valence-electron chi connectivity index (χ2n) is 7.61. The van der Waals surface area contributed by atoms with Crippen LogP contribution in [0.2, 0.25) is 0 Å². The number of nitrogens with zero attached hydrogens (tertiary/aromatic N) is 6. The van der Waals surface area contributed by atoms with Gasteiger partial charge in [0.15, 0.2) is 5.82 Å². The van der Waals surface area contributed by atoms with Crippen molar-refractivity contribution in [1.29, 1.82) is 5.26 Å². The third kappa shape index (κ3) is 6.42. The van der Waals surface area contributed by atoms with Gasteiger partial charge in [0.25, 0.3) is 0 Å². The number of halogens is 3. The summed E-state index contributed by atoms with van der Waals surface area (Å²) in [5, 5.41) is 12.1. The van der Waals surface area contributed by atoms with Crippen LogP contribution in [0.4, 0.5) is 13.2 Å². The minimum atomic E-state index is -4.67. The predicted molar refractivity (Wildman–Crippen MR) is 119 cm³/mol. The quantitative estimate of drug-likeness (QED) is 0.366. The SMILES string of the molecule is CCN(CC)CCn1c(CCCCC#N)nc2cc(/C=C/c3noc(C(F)(F)F)n3)ccc21. The molecule has 0 N–H and O–H groups in total. The molecule has 3 aromatic rings. The summed E-state index contributed by atoms with van der Waals surface area (Å²) in [6.07, 6.45) is 1.36. The van der Waals surface area contributed by atoms with Gasteiger partial charge in [0.05, 0.1) is 17.1 Å². The number of aromatic nitrogens is 4. The van der Waals surface area contributed by atoms with E-state index in [2.05, 4.69) is 44.0 Å². The molecule has 0 fully saturated rings. The molecule has 0 spiro atoms. The number of alkyl halides is 3. The molecule has 2 aromatic heterocycles. The van der Waals surface area contributed by atoms with Crippen LogP contribution >= 0.6 is 0 Å². The number of hydrogen-bond donors (Lipinski definition) is 0. The Morgan fingerprint density at radius 1 is 1.15 bits per heavy atom. The highest BCUT2D eigenvalue weighted by Crippen LogP contribution is 2.27. The van der Waals surface area contributed by atoms with Gasteiger partial charge in [-0.15, -0.1) is 0 Å². The topological polar surface area (TPSA) is 83.8 Å². The molecular formula is C23H27F3N6O. The summed E-state index contributed by atoms with van der Waals surface area (Å²) in [6, 6.07) is 7.93. The molecule has 0 aliphatic heterocycles. The lowest BCUT2D eigenvalue weighted by Gasteiger charge is -2.19. The Morgan fingerprint density at radius 2 is 1.94 bits per heavy atom. The fraction of sp³-hybridized carbons (Fsp3) is 0.478. The molecule has 0 saturated heterocycles. The normalized spacial score (nSPS) is 12.3. The van der Waals surface area contributed by atoms with E-state index in [0.29, 0.717) is 6.42 Å². The van der Waals surface area contributed by atoms with Crippen LogP contribution in [0.15, 0.2) is 22.7 Å². The molecule has 176 valence electrons. The average molecular weight is 461 g/mol. The molecule has 0 unspecified atom stereocenters. The van der Waals surface area contributed by atoms with Crippen molar-refractivity contribution in [3.8, 4) is 6.07 Å². The van der Waals surface area contributed by atoms with Crippen LogP contribution in [0, 0.1) is 11.3 Å². The van der Waals surface area contributed by atoms with E-state index in [9.17, 15) is 13.2 Å². The van der Waals surface area contributed by atoms with E-state index in [1.165, 1.54) is 6.08 Å². The van der Waals surface area contributed by atoms with Crippen molar-refractivity contribution < 1.29 is 17.7 Å². The molecule has 1 aromatic carbocycles. The molecule has 0 radical (unpaired) electrons. The molecule has 33 heavy (non-hydrogen) atoms. The van der Waals surface area contributed by atoms with Gasteiger partial charge < -0.3 is 14.0 Å². The molecule has 0 aliphatic rings. The minimum absolute atomic E-state index is 0.148. The molecule has 3 rings (SSSR count). The Morgan fingerprint density at radius 3 is 2.61 bits per heavy atom. The Balaban J connectivity index is 1.83. The molecule has 0 amide bonds. The maximum atomic E-state index is 12.6. The van der Waals surface area contributed by atoms with Gasteiger partial charge >= 0.3 is 12.1 Å². The van der Waals surface area contributed by atoms with Crippen LogP contribution in [0.25, 0.3) is 23.2 Å². The largest absolute Gasteiger partial charge is 0.471 e. The summed E-state index contributed by atoms with van der Waals surface area (Å²) >= 11 is 0. The smallest absolute Gasteiger partial charge is 0.329 e. The maximum absolute atomic E-state index is 12.6. The standard InChI is InChI=1S/C23H27F3N6O/c1-3-31(4-2)14-15-32-19-11-9-17(10-12-20-29-22(33-30-20)23(24,25)26)16-18(19)28-21(32)8-6-5-7-13-27/h9-12,16H,3-8,14-15H2,1-2H3/b12-10+. The molecule has 0 saturated carbocycles. The third-order valence-electron chi connectivity index (χ3n) is 5.43. The lowest BCUT2D eigenvalue weighted by atomic mass is 10.2. The number of fused-ring (bicyclic) bond motifs is 1. The Hall–Kier alpha value is -3.19. The van der Waals surface area contributed by atoms with E-state index < -0.39 is 12.1 Å². The van der Waals surface area contributed by atoms with Gasteiger partial charge in [0.1, 0.15) is 5.82 Å². The zero-order chi connectivity index (χ0) is 23.8. The van der Waals surface area contributed by atoms with Gasteiger partial charge in [-0.1, -0.05) is 31.1 Å². The number of unbranched alkanes of at least 4 members (excludes halogenated alkanes) is 2. The molecule has 10 heteroatoms. The van der Waals surface area contributed by atoms with Crippen LogP contribution in [0.3, 0.4) is 0 Å². The van der Waals surface area contributed by atoms with Crippen LogP contribution in [0.5, 0.6) is 0 Å². The number of imidazole rings is 1. The molecule has 7 nitrogen and oxygen atoms in total. The van der Waals surface area contributed by atoms with Gasteiger partial charge in [-0.25, -0.2) is 4.98 Å². The highest BCUT2D eigenvalue weighted by atomic mass is 19.4. The van der Waals surface area contributed by atoms with Gasteiger partial charge in [0.2, 0.25) is 0 Å². The summed E-state index contributed by atoms with van der Waals surface area (Å²) < 4.78 is 44.3. The molecule has 0 aliphatic carbocycles. The van der Waals surface area contributed by atoms with E-state index in [4.69, 9.17) is 10.2 Å². The molecule has 0 atom stereocenters. The number of aryl methyl sites for hydroxylation is 1. The van der Waals surface area contributed by atoms with Crippen LogP contribution in [0.1, 0.15) is 56.2 Å². The summed E-state index contributed by atoms with van der Waals surface area (Å²) in [4.78, 5) is 10.5. The fourth-order valence-electron chi connectivity index (χ4n) is 3.60.